The number of aliphatic hydroxyl groups excluding tert-OH is 1. The van der Waals surface area contributed by atoms with Crippen LogP contribution >= 0.6 is 0 Å². The summed E-state index contributed by atoms with van der Waals surface area (Å²) in [5.41, 5.74) is -2.22. The molecule has 0 unspecified atom stereocenters. The molecule has 6 nitrogen and oxygen atoms in total. The lowest BCUT2D eigenvalue weighted by atomic mass is 10.1. The normalized spacial score (nSPS) is 16.4. The number of halogens is 3. The first-order valence-corrected chi connectivity index (χ1v) is 9.27. The van der Waals surface area contributed by atoms with Gasteiger partial charge in [-0.1, -0.05) is 0 Å². The van der Waals surface area contributed by atoms with Crippen LogP contribution in [-0.2, 0) is 0 Å². The van der Waals surface area contributed by atoms with Gasteiger partial charge in [-0.2, -0.15) is 0 Å². The molecule has 2 heterocycles. The Morgan fingerprint density at radius 1 is 1.17 bits per heavy atom. The molecule has 4 rings (SSSR count). The minimum absolute atomic E-state index is 0.195. The van der Waals surface area contributed by atoms with Crippen LogP contribution in [0.5, 0.6) is 0 Å². The molecule has 1 aliphatic rings. The molecule has 1 fully saturated rings. The number of carbonyl (C=O) groups is 1. The Labute approximate surface area is 168 Å². The summed E-state index contributed by atoms with van der Waals surface area (Å²) >= 11 is 0. The van der Waals surface area contributed by atoms with E-state index < -0.39 is 51.5 Å². The van der Waals surface area contributed by atoms with E-state index in [9.17, 15) is 28.6 Å². The number of hydrogen-bond acceptors (Lipinski definition) is 4. The van der Waals surface area contributed by atoms with E-state index >= 15 is 4.39 Å². The van der Waals surface area contributed by atoms with E-state index in [-0.39, 0.29) is 17.8 Å². The second-order valence-corrected chi connectivity index (χ2v) is 7.11. The van der Waals surface area contributed by atoms with Crippen molar-refractivity contribution in [2.45, 2.75) is 18.9 Å². The van der Waals surface area contributed by atoms with E-state index in [0.29, 0.717) is 19.4 Å². The van der Waals surface area contributed by atoms with Crippen LogP contribution < -0.4 is 10.3 Å². The number of hydrogen-bond donors (Lipinski definition) is 2. The molecule has 0 bridgehead atoms. The van der Waals surface area contributed by atoms with Crippen molar-refractivity contribution in [1.82, 2.24) is 4.57 Å². The molecule has 1 atom stereocenters. The topological polar surface area (TPSA) is 82.8 Å². The standard InChI is InChI=1S/C21H17F3N2O4/c22-11-3-5-12(6-4-11)26-9-15(21(29)30)20(28)14-8-16(23)19(17(24)18(14)26)25-7-1-2-13(25)10-27/h3-6,8-9,13,27H,1-2,7,10H2,(H,29,30)/t13-/m0/s1. The number of carboxylic acids is 1. The van der Waals surface area contributed by atoms with Crippen LogP contribution in [0.1, 0.15) is 23.2 Å². The number of anilines is 1. The van der Waals surface area contributed by atoms with Gasteiger partial charge in [0.1, 0.15) is 22.9 Å². The van der Waals surface area contributed by atoms with Gasteiger partial charge in [0.15, 0.2) is 5.82 Å². The second kappa shape index (κ2) is 7.49. The number of aromatic nitrogens is 1. The van der Waals surface area contributed by atoms with E-state index in [1.165, 1.54) is 17.0 Å². The van der Waals surface area contributed by atoms with E-state index in [4.69, 9.17) is 0 Å². The van der Waals surface area contributed by atoms with Crippen molar-refractivity contribution < 1.29 is 28.2 Å². The third-order valence-electron chi connectivity index (χ3n) is 5.37. The first kappa shape index (κ1) is 20.0. The lowest BCUT2D eigenvalue weighted by Crippen LogP contribution is -2.34. The van der Waals surface area contributed by atoms with Gasteiger partial charge in [0.25, 0.3) is 0 Å². The van der Waals surface area contributed by atoms with Gasteiger partial charge in [0, 0.05) is 18.4 Å². The highest BCUT2D eigenvalue weighted by Crippen LogP contribution is 2.35. The smallest absolute Gasteiger partial charge is 0.341 e. The van der Waals surface area contributed by atoms with Crippen molar-refractivity contribution in [2.75, 3.05) is 18.1 Å². The molecule has 9 heteroatoms. The highest BCUT2D eigenvalue weighted by atomic mass is 19.1. The molecule has 0 aliphatic carbocycles. The van der Waals surface area contributed by atoms with E-state index in [2.05, 4.69) is 0 Å². The summed E-state index contributed by atoms with van der Waals surface area (Å²) in [6, 6.07) is 5.12. The Morgan fingerprint density at radius 2 is 1.87 bits per heavy atom. The second-order valence-electron chi connectivity index (χ2n) is 7.11. The molecule has 1 aliphatic heterocycles. The maximum Gasteiger partial charge on any atom is 0.341 e. The maximum absolute atomic E-state index is 15.7. The lowest BCUT2D eigenvalue weighted by Gasteiger charge is -2.27. The maximum atomic E-state index is 15.7. The monoisotopic (exact) mass is 418 g/mol. The third kappa shape index (κ3) is 3.11. The molecule has 0 saturated carbocycles. The van der Waals surface area contributed by atoms with Crippen molar-refractivity contribution in [1.29, 1.82) is 0 Å². The van der Waals surface area contributed by atoms with Gasteiger partial charge in [0.05, 0.1) is 23.6 Å². The minimum Gasteiger partial charge on any atom is -0.477 e. The fraction of sp³-hybridized carbons (Fsp3) is 0.238. The number of pyridine rings is 1. The Kier molecular flexibility index (Phi) is 4.98. The molecule has 1 aromatic heterocycles. The molecule has 156 valence electrons. The van der Waals surface area contributed by atoms with Crippen LogP contribution in [0.4, 0.5) is 18.9 Å². The highest BCUT2D eigenvalue weighted by molar-refractivity contribution is 5.94. The number of carboxylic acid groups (broad SMARTS) is 1. The summed E-state index contributed by atoms with van der Waals surface area (Å²) in [5, 5.41) is 18.5. The van der Waals surface area contributed by atoms with Crippen molar-refractivity contribution in [3.8, 4) is 5.69 Å². The fourth-order valence-corrected chi connectivity index (χ4v) is 3.95. The molecule has 3 aromatic rings. The zero-order valence-corrected chi connectivity index (χ0v) is 15.6. The van der Waals surface area contributed by atoms with Gasteiger partial charge in [-0.05, 0) is 43.2 Å². The minimum atomic E-state index is -1.55. The number of aromatic carboxylic acids is 1. The van der Waals surface area contributed by atoms with Crippen molar-refractivity contribution in [2.24, 2.45) is 0 Å². The molecule has 0 amide bonds. The zero-order chi connectivity index (χ0) is 21.6. The SMILES string of the molecule is O=C(O)c1cn(-c2ccc(F)cc2)c2c(F)c(N3CCC[C@H]3CO)c(F)cc2c1=O. The molecule has 0 spiro atoms. The van der Waals surface area contributed by atoms with Crippen LogP contribution in [0.3, 0.4) is 0 Å². The van der Waals surface area contributed by atoms with Gasteiger partial charge < -0.3 is 19.7 Å². The number of fused-ring (bicyclic) bond motifs is 1. The fourth-order valence-electron chi connectivity index (χ4n) is 3.95. The number of rotatable bonds is 4. The number of benzene rings is 2. The van der Waals surface area contributed by atoms with Crippen LogP contribution in [0.15, 0.2) is 41.3 Å². The predicted octanol–water partition coefficient (Wildman–Crippen LogP) is 3.07. The molecule has 1 saturated heterocycles. The number of aliphatic hydroxyl groups is 1. The lowest BCUT2D eigenvalue weighted by molar-refractivity contribution is 0.0695. The van der Waals surface area contributed by atoms with Gasteiger partial charge in [-0.15, -0.1) is 0 Å². The van der Waals surface area contributed by atoms with Gasteiger partial charge in [-0.3, -0.25) is 4.79 Å². The Morgan fingerprint density at radius 3 is 2.50 bits per heavy atom. The molecular weight excluding hydrogens is 401 g/mol. The molecule has 30 heavy (non-hydrogen) atoms. The Hall–Kier alpha value is -3.33. The summed E-state index contributed by atoms with van der Waals surface area (Å²) in [6.07, 6.45) is 2.12. The molecule has 2 aromatic carbocycles. The Bertz CT molecular complexity index is 1210. The van der Waals surface area contributed by atoms with Crippen molar-refractivity contribution in [3.63, 3.8) is 0 Å². The van der Waals surface area contributed by atoms with Crippen molar-refractivity contribution >= 4 is 22.6 Å². The highest BCUT2D eigenvalue weighted by Gasteiger charge is 2.31. The van der Waals surface area contributed by atoms with Crippen LogP contribution in [0, 0.1) is 17.5 Å². The van der Waals surface area contributed by atoms with Gasteiger partial charge in [-0.25, -0.2) is 18.0 Å². The van der Waals surface area contributed by atoms with Crippen LogP contribution in [-0.4, -0.2) is 39.9 Å². The molecular formula is C21H17F3N2O4. The van der Waals surface area contributed by atoms with Gasteiger partial charge >= 0.3 is 5.97 Å². The van der Waals surface area contributed by atoms with E-state index in [1.54, 1.807) is 0 Å². The average Bonchev–Trinajstić information content (AvgIpc) is 3.17. The number of nitrogens with zero attached hydrogens (tertiary/aromatic N) is 2. The molecule has 0 radical (unpaired) electrons. The van der Waals surface area contributed by atoms with E-state index in [0.717, 1.165) is 29.0 Å². The predicted molar refractivity (Wildman–Crippen MR) is 104 cm³/mol. The average molecular weight is 418 g/mol. The Balaban J connectivity index is 2.09. The van der Waals surface area contributed by atoms with Crippen molar-refractivity contribution in [3.05, 3.63) is 69.8 Å². The summed E-state index contributed by atoms with van der Waals surface area (Å²) in [5.74, 6) is -4.19. The van der Waals surface area contributed by atoms with Crippen LogP contribution in [0.25, 0.3) is 16.6 Å². The summed E-state index contributed by atoms with van der Waals surface area (Å²) in [4.78, 5) is 25.6. The summed E-state index contributed by atoms with van der Waals surface area (Å²) in [6.45, 7) is 0.0260. The largest absolute Gasteiger partial charge is 0.477 e. The summed E-state index contributed by atoms with van der Waals surface area (Å²) in [7, 11) is 0. The molecule has 2 N–H and O–H groups in total. The zero-order valence-electron chi connectivity index (χ0n) is 15.6. The summed E-state index contributed by atoms with van der Waals surface area (Å²) < 4.78 is 45.1. The van der Waals surface area contributed by atoms with Crippen LogP contribution in [0.2, 0.25) is 0 Å². The van der Waals surface area contributed by atoms with Gasteiger partial charge in [0.2, 0.25) is 5.43 Å². The first-order valence-electron chi connectivity index (χ1n) is 9.27. The third-order valence-corrected chi connectivity index (χ3v) is 5.37. The first-order chi connectivity index (χ1) is 14.3. The quantitative estimate of drug-likeness (QED) is 0.681. The van der Waals surface area contributed by atoms with E-state index in [1.807, 2.05) is 0 Å².